The van der Waals surface area contributed by atoms with Gasteiger partial charge in [0.25, 0.3) is 5.91 Å². The molecule has 166 valence electrons. The van der Waals surface area contributed by atoms with E-state index in [0.717, 1.165) is 49.9 Å². The Morgan fingerprint density at radius 1 is 1.16 bits per heavy atom. The van der Waals surface area contributed by atoms with Gasteiger partial charge in [-0.1, -0.05) is 42.5 Å². The van der Waals surface area contributed by atoms with Crippen LogP contribution in [0.25, 0.3) is 16.5 Å². The lowest BCUT2D eigenvalue weighted by Crippen LogP contribution is -2.38. The van der Waals surface area contributed by atoms with E-state index in [9.17, 15) is 13.6 Å². The first kappa shape index (κ1) is 22.3. The van der Waals surface area contributed by atoms with Crippen LogP contribution in [0.5, 0.6) is 0 Å². The molecule has 1 aliphatic rings. The third kappa shape index (κ3) is 5.87. The SMILES string of the molecule is O=C(NCC1CCN(CC=Cc2ccccc2)CC1)c1ncc(-c2ccc(F)cc2F)s1. The highest BCUT2D eigenvalue weighted by molar-refractivity contribution is 7.17. The lowest BCUT2D eigenvalue weighted by atomic mass is 9.97. The van der Waals surface area contributed by atoms with Gasteiger partial charge in [0, 0.05) is 30.9 Å². The first-order valence-electron chi connectivity index (χ1n) is 10.7. The fourth-order valence-electron chi connectivity index (χ4n) is 3.78. The van der Waals surface area contributed by atoms with Crippen LogP contribution in [0.2, 0.25) is 0 Å². The monoisotopic (exact) mass is 453 g/mol. The van der Waals surface area contributed by atoms with Crippen molar-refractivity contribution >= 4 is 23.3 Å². The van der Waals surface area contributed by atoms with Crippen molar-refractivity contribution < 1.29 is 13.6 Å². The molecule has 2 heterocycles. The number of nitrogens with zero attached hydrogens (tertiary/aromatic N) is 2. The maximum atomic E-state index is 14.0. The molecule has 32 heavy (non-hydrogen) atoms. The summed E-state index contributed by atoms with van der Waals surface area (Å²) in [5.74, 6) is -1.11. The van der Waals surface area contributed by atoms with Gasteiger partial charge in [-0.05, 0) is 49.5 Å². The Morgan fingerprint density at radius 2 is 1.94 bits per heavy atom. The van der Waals surface area contributed by atoms with Crippen molar-refractivity contribution in [3.8, 4) is 10.4 Å². The number of nitrogens with one attached hydrogen (secondary N) is 1. The highest BCUT2D eigenvalue weighted by Gasteiger charge is 2.20. The van der Waals surface area contributed by atoms with Gasteiger partial charge in [0.2, 0.25) is 0 Å². The fraction of sp³-hybridized carbons (Fsp3) is 0.280. The highest BCUT2D eigenvalue weighted by Crippen LogP contribution is 2.29. The quantitative estimate of drug-likeness (QED) is 0.532. The molecule has 3 aromatic rings. The molecule has 7 heteroatoms. The Hall–Kier alpha value is -2.90. The van der Waals surface area contributed by atoms with E-state index in [4.69, 9.17) is 0 Å². The zero-order valence-electron chi connectivity index (χ0n) is 17.6. The van der Waals surface area contributed by atoms with Crippen LogP contribution in [-0.2, 0) is 0 Å². The van der Waals surface area contributed by atoms with Crippen LogP contribution in [0.15, 0.2) is 60.8 Å². The molecule has 0 bridgehead atoms. The largest absolute Gasteiger partial charge is 0.350 e. The minimum atomic E-state index is -0.661. The van der Waals surface area contributed by atoms with E-state index in [-0.39, 0.29) is 16.5 Å². The Balaban J connectivity index is 1.22. The average molecular weight is 454 g/mol. The molecule has 0 radical (unpaired) electrons. The molecule has 0 atom stereocenters. The van der Waals surface area contributed by atoms with Gasteiger partial charge in [-0.2, -0.15) is 0 Å². The lowest BCUT2D eigenvalue weighted by Gasteiger charge is -2.31. The summed E-state index contributed by atoms with van der Waals surface area (Å²) in [7, 11) is 0. The normalized spacial score (nSPS) is 15.3. The Morgan fingerprint density at radius 3 is 2.69 bits per heavy atom. The van der Waals surface area contributed by atoms with Crippen LogP contribution in [0, 0.1) is 17.6 Å². The van der Waals surface area contributed by atoms with Gasteiger partial charge in [-0.3, -0.25) is 9.69 Å². The second kappa shape index (κ2) is 10.6. The third-order valence-corrected chi connectivity index (χ3v) is 6.66. The number of thiazole rings is 1. The molecule has 0 aliphatic carbocycles. The molecule has 0 spiro atoms. The first-order valence-corrected chi connectivity index (χ1v) is 11.5. The van der Waals surface area contributed by atoms with Crippen molar-refractivity contribution in [1.82, 2.24) is 15.2 Å². The molecule has 4 rings (SSSR count). The van der Waals surface area contributed by atoms with E-state index >= 15 is 0 Å². The Kier molecular flexibility index (Phi) is 7.39. The highest BCUT2D eigenvalue weighted by atomic mass is 32.1. The molecular weight excluding hydrogens is 428 g/mol. The molecule has 1 fully saturated rings. The number of benzene rings is 2. The summed E-state index contributed by atoms with van der Waals surface area (Å²) in [6, 6.07) is 13.7. The topological polar surface area (TPSA) is 45.2 Å². The van der Waals surface area contributed by atoms with Gasteiger partial charge in [0.15, 0.2) is 5.01 Å². The Labute approximate surface area is 190 Å². The first-order chi connectivity index (χ1) is 15.6. The summed E-state index contributed by atoms with van der Waals surface area (Å²) in [6.07, 6.45) is 7.86. The van der Waals surface area contributed by atoms with E-state index < -0.39 is 11.6 Å². The summed E-state index contributed by atoms with van der Waals surface area (Å²) in [5.41, 5.74) is 1.45. The summed E-state index contributed by atoms with van der Waals surface area (Å²) in [6.45, 7) is 3.54. The van der Waals surface area contributed by atoms with Crippen molar-refractivity contribution in [2.45, 2.75) is 12.8 Å². The van der Waals surface area contributed by atoms with Crippen LogP contribution in [0.4, 0.5) is 8.78 Å². The number of amides is 1. The average Bonchev–Trinajstić information content (AvgIpc) is 3.29. The molecule has 1 N–H and O–H groups in total. The number of likely N-dealkylation sites (tertiary alicyclic amines) is 1. The molecule has 0 unspecified atom stereocenters. The smallest absolute Gasteiger partial charge is 0.280 e. The Bertz CT molecular complexity index is 1080. The van der Waals surface area contributed by atoms with E-state index in [0.29, 0.717) is 17.3 Å². The van der Waals surface area contributed by atoms with Crippen LogP contribution < -0.4 is 5.32 Å². The predicted molar refractivity (Wildman–Crippen MR) is 124 cm³/mol. The minimum Gasteiger partial charge on any atom is -0.350 e. The zero-order valence-corrected chi connectivity index (χ0v) is 18.5. The maximum Gasteiger partial charge on any atom is 0.280 e. The number of rotatable bonds is 7. The molecule has 0 saturated carbocycles. The van der Waals surface area contributed by atoms with E-state index in [1.54, 1.807) is 0 Å². The van der Waals surface area contributed by atoms with E-state index in [1.165, 1.54) is 23.9 Å². The molecule has 2 aromatic carbocycles. The van der Waals surface area contributed by atoms with E-state index in [2.05, 4.69) is 39.5 Å². The molecule has 4 nitrogen and oxygen atoms in total. The van der Waals surface area contributed by atoms with Crippen LogP contribution in [-0.4, -0.2) is 42.0 Å². The predicted octanol–water partition coefficient (Wildman–Crippen LogP) is 5.24. The maximum absolute atomic E-state index is 14.0. The van der Waals surface area contributed by atoms with Crippen molar-refractivity contribution in [3.63, 3.8) is 0 Å². The lowest BCUT2D eigenvalue weighted by molar-refractivity contribution is 0.0937. The molecule has 1 saturated heterocycles. The summed E-state index contributed by atoms with van der Waals surface area (Å²) >= 11 is 1.11. The number of hydrogen-bond donors (Lipinski definition) is 1. The summed E-state index contributed by atoms with van der Waals surface area (Å²) in [5, 5.41) is 3.24. The molecular formula is C25H25F2N3OS. The van der Waals surface area contributed by atoms with Crippen LogP contribution in [0.1, 0.15) is 28.2 Å². The third-order valence-electron chi connectivity index (χ3n) is 5.63. The van der Waals surface area contributed by atoms with Crippen LogP contribution >= 0.6 is 11.3 Å². The van der Waals surface area contributed by atoms with Gasteiger partial charge in [0.05, 0.1) is 4.88 Å². The van der Waals surface area contributed by atoms with Crippen molar-refractivity contribution in [3.05, 3.63) is 83.0 Å². The summed E-state index contributed by atoms with van der Waals surface area (Å²) < 4.78 is 27.1. The van der Waals surface area contributed by atoms with Gasteiger partial charge in [0.1, 0.15) is 11.6 Å². The number of halogens is 2. The number of piperidine rings is 1. The second-order valence-electron chi connectivity index (χ2n) is 7.92. The molecule has 1 amide bonds. The van der Waals surface area contributed by atoms with Crippen molar-refractivity contribution in [2.24, 2.45) is 5.92 Å². The number of carbonyl (C=O) groups is 1. The van der Waals surface area contributed by atoms with E-state index in [1.807, 2.05) is 18.2 Å². The minimum absolute atomic E-state index is 0.247. The van der Waals surface area contributed by atoms with Crippen molar-refractivity contribution in [1.29, 1.82) is 0 Å². The standard InChI is InChI=1S/C25H25F2N3OS/c26-20-8-9-21(22(27)15-20)23-17-29-25(32-23)24(31)28-16-19-10-13-30(14-11-19)12-4-7-18-5-2-1-3-6-18/h1-9,15,17,19H,10-14,16H2,(H,28,31). The van der Waals surface area contributed by atoms with Gasteiger partial charge in [-0.25, -0.2) is 13.8 Å². The van der Waals surface area contributed by atoms with Gasteiger partial charge in [-0.15, -0.1) is 11.3 Å². The zero-order chi connectivity index (χ0) is 22.3. The molecule has 1 aromatic heterocycles. The number of aromatic nitrogens is 1. The molecule has 1 aliphatic heterocycles. The number of carbonyl (C=O) groups excluding carboxylic acids is 1. The number of hydrogen-bond acceptors (Lipinski definition) is 4. The van der Waals surface area contributed by atoms with Gasteiger partial charge >= 0.3 is 0 Å². The van der Waals surface area contributed by atoms with Crippen molar-refractivity contribution in [2.75, 3.05) is 26.2 Å². The second-order valence-corrected chi connectivity index (χ2v) is 8.95. The van der Waals surface area contributed by atoms with Gasteiger partial charge < -0.3 is 5.32 Å². The fourth-order valence-corrected chi connectivity index (χ4v) is 4.64. The van der Waals surface area contributed by atoms with Crippen LogP contribution in [0.3, 0.4) is 0 Å². The summed E-state index contributed by atoms with van der Waals surface area (Å²) in [4.78, 5) is 19.5.